The van der Waals surface area contributed by atoms with Gasteiger partial charge in [-0.3, -0.25) is 14.6 Å². The predicted molar refractivity (Wildman–Crippen MR) is 109 cm³/mol. The van der Waals surface area contributed by atoms with Gasteiger partial charge in [0.15, 0.2) is 0 Å². The third-order valence-electron chi connectivity index (χ3n) is 3.85. The standard InChI is InChI=1S/C21H18ClN3O3/c1-2-28-19-6-4-3-5-17(19)24-21(27)15-7-8-16(22)18(13-15)25-20(26)14-9-11-23-12-10-14/h3-13H,2H2,1H3,(H,24,27)(H,25,26). The number of anilines is 2. The summed E-state index contributed by atoms with van der Waals surface area (Å²) in [5.41, 5.74) is 1.69. The zero-order chi connectivity index (χ0) is 19.9. The molecule has 2 amide bonds. The molecule has 142 valence electrons. The Kier molecular flexibility index (Phi) is 6.24. The molecule has 0 bridgehead atoms. The van der Waals surface area contributed by atoms with E-state index >= 15 is 0 Å². The first-order valence-electron chi connectivity index (χ1n) is 8.62. The molecule has 28 heavy (non-hydrogen) atoms. The highest BCUT2D eigenvalue weighted by Gasteiger charge is 2.14. The Bertz CT molecular complexity index is 993. The van der Waals surface area contributed by atoms with Gasteiger partial charge in [0, 0.05) is 23.5 Å². The largest absolute Gasteiger partial charge is 0.492 e. The molecular formula is C21H18ClN3O3. The highest BCUT2D eigenvalue weighted by atomic mass is 35.5. The zero-order valence-corrected chi connectivity index (χ0v) is 15.9. The van der Waals surface area contributed by atoms with E-state index in [1.54, 1.807) is 42.5 Å². The number of rotatable bonds is 6. The molecule has 3 rings (SSSR count). The van der Waals surface area contributed by atoms with Gasteiger partial charge in [0.25, 0.3) is 11.8 Å². The Hall–Kier alpha value is -3.38. The molecule has 1 heterocycles. The average Bonchev–Trinajstić information content (AvgIpc) is 2.72. The first-order valence-corrected chi connectivity index (χ1v) is 9.00. The number of nitrogens with one attached hydrogen (secondary N) is 2. The molecule has 0 unspecified atom stereocenters. The first kappa shape index (κ1) is 19.4. The number of hydrogen-bond donors (Lipinski definition) is 2. The van der Waals surface area contributed by atoms with Gasteiger partial charge in [-0.25, -0.2) is 0 Å². The minimum atomic E-state index is -0.344. The molecule has 0 aliphatic rings. The van der Waals surface area contributed by atoms with Crippen LogP contribution in [0.5, 0.6) is 5.75 Å². The summed E-state index contributed by atoms with van der Waals surface area (Å²) in [5.74, 6) is -0.106. The Balaban J connectivity index is 1.79. The summed E-state index contributed by atoms with van der Waals surface area (Å²) < 4.78 is 5.52. The summed E-state index contributed by atoms with van der Waals surface area (Å²) in [4.78, 5) is 28.9. The highest BCUT2D eigenvalue weighted by Crippen LogP contribution is 2.27. The number of carbonyl (C=O) groups excluding carboxylic acids is 2. The third kappa shape index (κ3) is 4.66. The van der Waals surface area contributed by atoms with Crippen molar-refractivity contribution in [1.29, 1.82) is 0 Å². The number of hydrogen-bond acceptors (Lipinski definition) is 4. The summed E-state index contributed by atoms with van der Waals surface area (Å²) in [7, 11) is 0. The summed E-state index contributed by atoms with van der Waals surface area (Å²) >= 11 is 6.18. The quantitative estimate of drug-likeness (QED) is 0.637. The van der Waals surface area contributed by atoms with Crippen molar-refractivity contribution in [2.75, 3.05) is 17.2 Å². The third-order valence-corrected chi connectivity index (χ3v) is 4.18. The maximum atomic E-state index is 12.7. The lowest BCUT2D eigenvalue weighted by Crippen LogP contribution is -2.15. The molecule has 0 saturated heterocycles. The van der Waals surface area contributed by atoms with Gasteiger partial charge in [0.1, 0.15) is 5.75 Å². The lowest BCUT2D eigenvalue weighted by molar-refractivity contribution is 0.101. The summed E-state index contributed by atoms with van der Waals surface area (Å²) in [6, 6.07) is 15.0. The normalized spacial score (nSPS) is 10.2. The highest BCUT2D eigenvalue weighted by molar-refractivity contribution is 6.34. The smallest absolute Gasteiger partial charge is 0.255 e. The van der Waals surface area contributed by atoms with Crippen LogP contribution in [-0.4, -0.2) is 23.4 Å². The van der Waals surface area contributed by atoms with Crippen molar-refractivity contribution >= 4 is 34.8 Å². The Labute approximate surface area is 167 Å². The van der Waals surface area contributed by atoms with Crippen LogP contribution >= 0.6 is 11.6 Å². The number of pyridine rings is 1. The average molecular weight is 396 g/mol. The van der Waals surface area contributed by atoms with Crippen LogP contribution in [-0.2, 0) is 0 Å². The van der Waals surface area contributed by atoms with Crippen LogP contribution in [0, 0.1) is 0 Å². The molecule has 0 spiro atoms. The minimum absolute atomic E-state index is 0.327. The number of halogens is 1. The van der Waals surface area contributed by atoms with Crippen LogP contribution in [0.15, 0.2) is 67.0 Å². The molecule has 0 fully saturated rings. The van der Waals surface area contributed by atoms with E-state index in [4.69, 9.17) is 16.3 Å². The number of carbonyl (C=O) groups is 2. The fraction of sp³-hybridized carbons (Fsp3) is 0.0952. The van der Waals surface area contributed by atoms with E-state index in [0.29, 0.717) is 39.9 Å². The fourth-order valence-corrected chi connectivity index (χ4v) is 2.67. The molecule has 7 heteroatoms. The topological polar surface area (TPSA) is 80.3 Å². The van der Waals surface area contributed by atoms with Crippen molar-refractivity contribution in [3.63, 3.8) is 0 Å². The first-order chi connectivity index (χ1) is 13.6. The molecule has 0 radical (unpaired) electrons. The summed E-state index contributed by atoms with van der Waals surface area (Å²) in [5, 5.41) is 5.86. The van der Waals surface area contributed by atoms with Crippen LogP contribution in [0.4, 0.5) is 11.4 Å². The Morgan fingerprint density at radius 3 is 2.36 bits per heavy atom. The maximum absolute atomic E-state index is 12.7. The maximum Gasteiger partial charge on any atom is 0.255 e. The molecule has 0 aliphatic carbocycles. The molecule has 2 aromatic carbocycles. The summed E-state index contributed by atoms with van der Waals surface area (Å²) in [6.45, 7) is 2.36. The van der Waals surface area contributed by atoms with Gasteiger partial charge in [-0.1, -0.05) is 23.7 Å². The second-order valence-corrected chi connectivity index (χ2v) is 6.18. The van der Waals surface area contributed by atoms with Crippen molar-refractivity contribution < 1.29 is 14.3 Å². The van der Waals surface area contributed by atoms with E-state index in [-0.39, 0.29) is 11.8 Å². The van der Waals surface area contributed by atoms with E-state index in [1.165, 1.54) is 18.5 Å². The second kappa shape index (κ2) is 9.01. The number of nitrogens with zero attached hydrogens (tertiary/aromatic N) is 1. The molecular weight excluding hydrogens is 378 g/mol. The van der Waals surface area contributed by atoms with Crippen LogP contribution in [0.2, 0.25) is 5.02 Å². The van der Waals surface area contributed by atoms with Gasteiger partial charge in [-0.05, 0) is 49.4 Å². The number of benzene rings is 2. The fourth-order valence-electron chi connectivity index (χ4n) is 2.51. The lowest BCUT2D eigenvalue weighted by Gasteiger charge is -2.12. The van der Waals surface area contributed by atoms with E-state index in [9.17, 15) is 9.59 Å². The van der Waals surface area contributed by atoms with Crippen LogP contribution < -0.4 is 15.4 Å². The monoisotopic (exact) mass is 395 g/mol. The van der Waals surface area contributed by atoms with E-state index in [2.05, 4.69) is 15.6 Å². The van der Waals surface area contributed by atoms with E-state index in [0.717, 1.165) is 0 Å². The van der Waals surface area contributed by atoms with Crippen molar-refractivity contribution in [3.8, 4) is 5.75 Å². The van der Waals surface area contributed by atoms with Gasteiger partial charge < -0.3 is 15.4 Å². The SMILES string of the molecule is CCOc1ccccc1NC(=O)c1ccc(Cl)c(NC(=O)c2ccncc2)c1. The van der Waals surface area contributed by atoms with E-state index < -0.39 is 0 Å². The van der Waals surface area contributed by atoms with Crippen LogP contribution in [0.3, 0.4) is 0 Å². The van der Waals surface area contributed by atoms with Crippen molar-refractivity contribution in [3.05, 3.63) is 83.1 Å². The van der Waals surface area contributed by atoms with Crippen molar-refractivity contribution in [1.82, 2.24) is 4.98 Å². The second-order valence-electron chi connectivity index (χ2n) is 5.77. The molecule has 3 aromatic rings. The van der Waals surface area contributed by atoms with Gasteiger partial charge in [-0.2, -0.15) is 0 Å². The number of aromatic nitrogens is 1. The molecule has 0 atom stereocenters. The van der Waals surface area contributed by atoms with Crippen molar-refractivity contribution in [2.45, 2.75) is 6.92 Å². The predicted octanol–water partition coefficient (Wildman–Crippen LogP) is 4.64. The van der Waals surface area contributed by atoms with Crippen molar-refractivity contribution in [2.24, 2.45) is 0 Å². The molecule has 0 aliphatic heterocycles. The van der Waals surface area contributed by atoms with Crippen LogP contribution in [0.1, 0.15) is 27.6 Å². The molecule has 0 saturated carbocycles. The van der Waals surface area contributed by atoms with Gasteiger partial charge >= 0.3 is 0 Å². The Morgan fingerprint density at radius 1 is 0.929 bits per heavy atom. The van der Waals surface area contributed by atoms with Crippen LogP contribution in [0.25, 0.3) is 0 Å². The number of amides is 2. The number of ether oxygens (including phenoxy) is 1. The Morgan fingerprint density at radius 2 is 1.61 bits per heavy atom. The summed E-state index contributed by atoms with van der Waals surface area (Å²) in [6.07, 6.45) is 3.05. The minimum Gasteiger partial charge on any atom is -0.492 e. The lowest BCUT2D eigenvalue weighted by atomic mass is 10.1. The molecule has 2 N–H and O–H groups in total. The number of para-hydroxylation sites is 2. The van der Waals surface area contributed by atoms with E-state index in [1.807, 2.05) is 13.0 Å². The van der Waals surface area contributed by atoms with Gasteiger partial charge in [-0.15, -0.1) is 0 Å². The molecule has 1 aromatic heterocycles. The zero-order valence-electron chi connectivity index (χ0n) is 15.1. The van der Waals surface area contributed by atoms with Gasteiger partial charge in [0.05, 0.1) is 23.0 Å². The molecule has 6 nitrogen and oxygen atoms in total. The van der Waals surface area contributed by atoms with Gasteiger partial charge in [0.2, 0.25) is 0 Å².